The Labute approximate surface area is 391 Å². The predicted molar refractivity (Wildman–Crippen MR) is 282 cm³/mol. The van der Waals surface area contributed by atoms with Gasteiger partial charge in [-0.3, -0.25) is 0 Å². The van der Waals surface area contributed by atoms with Gasteiger partial charge in [-0.1, -0.05) is 224 Å². The Morgan fingerprint density at radius 2 is 0.791 bits per heavy atom. The number of hydrogen-bond acceptors (Lipinski definition) is 1. The summed E-state index contributed by atoms with van der Waals surface area (Å²) in [5.41, 5.74) is 15.5. The molecule has 1 heterocycles. The van der Waals surface area contributed by atoms with Crippen molar-refractivity contribution in [1.82, 2.24) is 4.57 Å². The van der Waals surface area contributed by atoms with Crippen molar-refractivity contribution in [3.05, 3.63) is 301 Å². The second-order valence-electron chi connectivity index (χ2n) is 17.2. The maximum Gasteiger partial charge on any atom is 0.0702 e. The van der Waals surface area contributed by atoms with Gasteiger partial charge in [0.25, 0.3) is 0 Å². The van der Waals surface area contributed by atoms with Crippen LogP contribution in [0.1, 0.15) is 22.3 Å². The summed E-state index contributed by atoms with van der Waals surface area (Å²) >= 11 is 0. The summed E-state index contributed by atoms with van der Waals surface area (Å²) in [6.45, 7) is 0. The molecule has 0 bridgehead atoms. The molecule has 0 aliphatic rings. The molecule has 1 aromatic heterocycles. The van der Waals surface area contributed by atoms with Crippen LogP contribution in [-0.4, -0.2) is 4.57 Å². The Balaban J connectivity index is 1.11. The van der Waals surface area contributed by atoms with Crippen LogP contribution in [-0.2, 0) is 5.41 Å². The summed E-state index contributed by atoms with van der Waals surface area (Å²) < 4.78 is 2.47. The first-order valence-corrected chi connectivity index (χ1v) is 23.1. The average Bonchev–Trinajstić information content (AvgIpc) is 3.75. The molecule has 316 valence electrons. The largest absolute Gasteiger partial charge is 0.310 e. The fourth-order valence-corrected chi connectivity index (χ4v) is 10.5. The summed E-state index contributed by atoms with van der Waals surface area (Å²) in [6.07, 6.45) is 0. The maximum absolute atomic E-state index is 2.47. The quantitative estimate of drug-likeness (QED) is 0.124. The third-order valence-electron chi connectivity index (χ3n) is 13.5. The predicted octanol–water partition coefficient (Wildman–Crippen LogP) is 17.1. The van der Waals surface area contributed by atoms with Gasteiger partial charge in [-0.05, 0) is 104 Å². The summed E-state index contributed by atoms with van der Waals surface area (Å²) in [4.78, 5) is 2.43. The number of nitrogens with zero attached hydrogens (tertiary/aromatic N) is 2. The molecule has 2 heteroatoms. The summed E-state index contributed by atoms with van der Waals surface area (Å²) in [5, 5.41) is 5.01. The first-order valence-electron chi connectivity index (χ1n) is 23.1. The zero-order chi connectivity index (χ0) is 44.6. The molecule has 0 spiro atoms. The van der Waals surface area contributed by atoms with Crippen LogP contribution in [0.25, 0.3) is 60.5 Å². The molecule has 12 rings (SSSR count). The van der Waals surface area contributed by atoms with Gasteiger partial charge in [0.15, 0.2) is 0 Å². The van der Waals surface area contributed by atoms with Gasteiger partial charge in [0, 0.05) is 33.4 Å². The molecular formula is C65H46N2. The van der Waals surface area contributed by atoms with Gasteiger partial charge >= 0.3 is 0 Å². The molecular weight excluding hydrogens is 809 g/mol. The van der Waals surface area contributed by atoms with Crippen molar-refractivity contribution < 1.29 is 0 Å². The lowest BCUT2D eigenvalue weighted by atomic mass is 9.65. The SMILES string of the molecule is c1ccc(-c2ccc(N(c3cccc(C(c4ccccc4)(c4ccccc4)c4ccccc4)c3)c3ccc(-n4c5ccccc5c5c6ccccc6ccc54)c(-c4ccccc4)c3)cc2)cc1. The first-order chi connectivity index (χ1) is 33.3. The molecule has 0 aliphatic carbocycles. The van der Waals surface area contributed by atoms with E-state index in [0.717, 1.165) is 33.9 Å². The monoisotopic (exact) mass is 854 g/mol. The molecule has 0 amide bonds. The van der Waals surface area contributed by atoms with Crippen LogP contribution in [0.15, 0.2) is 279 Å². The minimum atomic E-state index is -0.609. The van der Waals surface area contributed by atoms with E-state index in [0.29, 0.717) is 0 Å². The second-order valence-corrected chi connectivity index (χ2v) is 17.2. The van der Waals surface area contributed by atoms with Crippen LogP contribution in [0.5, 0.6) is 0 Å². The fraction of sp³-hybridized carbons (Fsp3) is 0.0154. The molecule has 0 radical (unpaired) electrons. The number of benzene rings is 11. The lowest BCUT2D eigenvalue weighted by Crippen LogP contribution is -2.31. The molecule has 0 aliphatic heterocycles. The number of anilines is 3. The van der Waals surface area contributed by atoms with E-state index < -0.39 is 5.41 Å². The first kappa shape index (κ1) is 39.8. The number of rotatable bonds is 10. The molecule has 0 saturated heterocycles. The molecule has 0 saturated carbocycles. The van der Waals surface area contributed by atoms with Gasteiger partial charge in [0.1, 0.15) is 0 Å². The van der Waals surface area contributed by atoms with E-state index in [4.69, 9.17) is 0 Å². The Bertz CT molecular complexity index is 3560. The summed E-state index contributed by atoms with van der Waals surface area (Å²) in [5.74, 6) is 0. The molecule has 12 aromatic rings. The van der Waals surface area contributed by atoms with E-state index >= 15 is 0 Å². The lowest BCUT2D eigenvalue weighted by Gasteiger charge is -2.37. The molecule has 2 nitrogen and oxygen atoms in total. The minimum Gasteiger partial charge on any atom is -0.310 e. The van der Waals surface area contributed by atoms with Crippen molar-refractivity contribution in [3.63, 3.8) is 0 Å². The molecule has 0 fully saturated rings. The lowest BCUT2D eigenvalue weighted by molar-refractivity contribution is 0.745. The zero-order valence-corrected chi connectivity index (χ0v) is 37.0. The van der Waals surface area contributed by atoms with Crippen molar-refractivity contribution in [2.24, 2.45) is 0 Å². The van der Waals surface area contributed by atoms with Gasteiger partial charge in [-0.25, -0.2) is 0 Å². The van der Waals surface area contributed by atoms with Crippen molar-refractivity contribution in [3.8, 4) is 27.9 Å². The topological polar surface area (TPSA) is 8.17 Å². The third kappa shape index (κ3) is 6.90. The van der Waals surface area contributed by atoms with Crippen LogP contribution in [0.2, 0.25) is 0 Å². The zero-order valence-electron chi connectivity index (χ0n) is 37.0. The van der Waals surface area contributed by atoms with E-state index in [1.165, 1.54) is 66.0 Å². The maximum atomic E-state index is 2.47. The fourth-order valence-electron chi connectivity index (χ4n) is 10.5. The molecule has 11 aromatic carbocycles. The average molecular weight is 855 g/mol. The standard InChI is InChI=1S/C65H46N2/c1-6-21-47(22-7-1)48-37-40-55(41-38-48)66(56-33-20-32-54(45-56)65(51-26-10-3-11-27-51,52-28-12-4-13-29-52)53-30-14-5-15-31-53)57-42-44-62(60(46-57)49-23-8-2-9-24-49)67-61-36-19-18-35-59(61)64-58-34-17-16-25-50(58)39-43-63(64)67/h1-46H. The third-order valence-corrected chi connectivity index (χ3v) is 13.5. The van der Waals surface area contributed by atoms with E-state index in [1.54, 1.807) is 0 Å². The summed E-state index contributed by atoms with van der Waals surface area (Å²) in [7, 11) is 0. The Morgan fingerprint density at radius 1 is 0.299 bits per heavy atom. The second kappa shape index (κ2) is 17.0. The van der Waals surface area contributed by atoms with Gasteiger partial charge in [-0.15, -0.1) is 0 Å². The van der Waals surface area contributed by atoms with Crippen molar-refractivity contribution in [1.29, 1.82) is 0 Å². The van der Waals surface area contributed by atoms with Crippen LogP contribution in [0.3, 0.4) is 0 Å². The molecule has 0 N–H and O–H groups in total. The highest BCUT2D eigenvalue weighted by atomic mass is 15.1. The molecule has 0 unspecified atom stereocenters. The van der Waals surface area contributed by atoms with Gasteiger partial charge in [0.05, 0.1) is 22.1 Å². The minimum absolute atomic E-state index is 0.609. The normalized spacial score (nSPS) is 11.6. The number of fused-ring (bicyclic) bond motifs is 5. The summed E-state index contributed by atoms with van der Waals surface area (Å²) in [6, 6.07) is 102. The molecule has 67 heavy (non-hydrogen) atoms. The highest BCUT2D eigenvalue weighted by Crippen LogP contribution is 2.48. The van der Waals surface area contributed by atoms with E-state index in [2.05, 4.69) is 289 Å². The number of para-hydroxylation sites is 1. The van der Waals surface area contributed by atoms with Crippen LogP contribution < -0.4 is 4.90 Å². The van der Waals surface area contributed by atoms with Crippen molar-refractivity contribution in [2.45, 2.75) is 5.41 Å². The van der Waals surface area contributed by atoms with E-state index in [-0.39, 0.29) is 0 Å². The Kier molecular flexibility index (Phi) is 10.1. The van der Waals surface area contributed by atoms with Gasteiger partial charge in [0.2, 0.25) is 0 Å². The van der Waals surface area contributed by atoms with E-state index in [1.807, 2.05) is 0 Å². The van der Waals surface area contributed by atoms with E-state index in [9.17, 15) is 0 Å². The van der Waals surface area contributed by atoms with Crippen molar-refractivity contribution >= 4 is 49.6 Å². The smallest absolute Gasteiger partial charge is 0.0702 e. The van der Waals surface area contributed by atoms with Crippen LogP contribution in [0.4, 0.5) is 17.1 Å². The van der Waals surface area contributed by atoms with Crippen molar-refractivity contribution in [2.75, 3.05) is 4.90 Å². The Morgan fingerprint density at radius 3 is 1.43 bits per heavy atom. The highest BCUT2D eigenvalue weighted by molar-refractivity contribution is 6.21. The molecule has 0 atom stereocenters. The number of aromatic nitrogens is 1. The van der Waals surface area contributed by atoms with Gasteiger partial charge < -0.3 is 9.47 Å². The number of hydrogen-bond donors (Lipinski definition) is 0. The van der Waals surface area contributed by atoms with Crippen LogP contribution >= 0.6 is 0 Å². The van der Waals surface area contributed by atoms with Gasteiger partial charge in [-0.2, -0.15) is 0 Å². The highest BCUT2D eigenvalue weighted by Gasteiger charge is 2.38. The Hall–Kier alpha value is -8.72. The van der Waals surface area contributed by atoms with Crippen LogP contribution in [0, 0.1) is 0 Å².